The number of aliphatic carboxylic acids is 1. The number of carbonyl (C=O) groups is 2. The van der Waals surface area contributed by atoms with E-state index in [4.69, 9.17) is 5.11 Å². The molecule has 1 aliphatic heterocycles. The number of nitrogens with zero attached hydrogens (tertiary/aromatic N) is 2. The van der Waals surface area contributed by atoms with Gasteiger partial charge in [-0.2, -0.15) is 0 Å². The zero-order valence-electron chi connectivity index (χ0n) is 10.9. The van der Waals surface area contributed by atoms with Crippen LogP contribution in [0.2, 0.25) is 0 Å². The fourth-order valence-electron chi connectivity index (χ4n) is 2.37. The first-order valence-corrected chi connectivity index (χ1v) is 6.20. The first-order valence-electron chi connectivity index (χ1n) is 6.20. The van der Waals surface area contributed by atoms with Gasteiger partial charge in [0, 0.05) is 23.7 Å². The van der Waals surface area contributed by atoms with Crippen molar-refractivity contribution in [3.63, 3.8) is 0 Å². The Balaban J connectivity index is 2.32. The van der Waals surface area contributed by atoms with Gasteiger partial charge in [-0.3, -0.25) is 14.9 Å². The van der Waals surface area contributed by atoms with Crippen LogP contribution in [0.4, 0.5) is 5.69 Å². The Morgan fingerprint density at radius 1 is 1.45 bits per heavy atom. The number of benzene rings is 1. The third kappa shape index (κ3) is 2.47. The molecule has 1 aromatic carbocycles. The predicted molar refractivity (Wildman–Crippen MR) is 69.5 cm³/mol. The van der Waals surface area contributed by atoms with Crippen molar-refractivity contribution in [3.8, 4) is 0 Å². The molecule has 1 aromatic rings. The highest BCUT2D eigenvalue weighted by Crippen LogP contribution is 2.24. The van der Waals surface area contributed by atoms with E-state index in [1.165, 1.54) is 23.1 Å². The summed E-state index contributed by atoms with van der Waals surface area (Å²) in [5.74, 6) is -1.52. The third-order valence-electron chi connectivity index (χ3n) is 3.45. The van der Waals surface area contributed by atoms with Gasteiger partial charge in [-0.25, -0.2) is 4.79 Å². The number of nitro groups is 1. The molecule has 0 saturated carbocycles. The van der Waals surface area contributed by atoms with Crippen molar-refractivity contribution in [2.24, 2.45) is 0 Å². The molecule has 1 unspecified atom stereocenters. The van der Waals surface area contributed by atoms with Crippen LogP contribution in [0.1, 0.15) is 28.8 Å². The van der Waals surface area contributed by atoms with Crippen LogP contribution in [0.5, 0.6) is 0 Å². The lowest BCUT2D eigenvalue weighted by Gasteiger charge is -2.21. The third-order valence-corrected chi connectivity index (χ3v) is 3.45. The Kier molecular flexibility index (Phi) is 3.69. The van der Waals surface area contributed by atoms with Crippen LogP contribution in [-0.4, -0.2) is 39.4 Å². The van der Waals surface area contributed by atoms with E-state index < -0.39 is 22.8 Å². The van der Waals surface area contributed by atoms with Crippen LogP contribution in [0.25, 0.3) is 0 Å². The average Bonchev–Trinajstić information content (AvgIpc) is 2.87. The number of likely N-dealkylation sites (tertiary alicyclic amines) is 1. The van der Waals surface area contributed by atoms with Crippen molar-refractivity contribution in [2.45, 2.75) is 25.8 Å². The minimum absolute atomic E-state index is 0.137. The number of carbonyl (C=O) groups excluding carboxylic acids is 1. The van der Waals surface area contributed by atoms with Crippen LogP contribution in [0, 0.1) is 17.0 Å². The number of carboxylic acid groups (broad SMARTS) is 1. The van der Waals surface area contributed by atoms with E-state index in [1.807, 2.05) is 0 Å². The van der Waals surface area contributed by atoms with E-state index in [-0.39, 0.29) is 11.3 Å². The quantitative estimate of drug-likeness (QED) is 0.668. The molecule has 7 nitrogen and oxygen atoms in total. The van der Waals surface area contributed by atoms with Crippen LogP contribution in [0.3, 0.4) is 0 Å². The van der Waals surface area contributed by atoms with E-state index in [0.717, 1.165) is 0 Å². The van der Waals surface area contributed by atoms with E-state index in [2.05, 4.69) is 0 Å². The Morgan fingerprint density at radius 3 is 2.75 bits per heavy atom. The van der Waals surface area contributed by atoms with E-state index in [1.54, 1.807) is 6.92 Å². The number of hydrogen-bond acceptors (Lipinski definition) is 4. The summed E-state index contributed by atoms with van der Waals surface area (Å²) in [5, 5.41) is 19.9. The fourth-order valence-corrected chi connectivity index (χ4v) is 2.37. The molecule has 1 heterocycles. The van der Waals surface area contributed by atoms with Crippen molar-refractivity contribution in [2.75, 3.05) is 6.54 Å². The summed E-state index contributed by atoms with van der Waals surface area (Å²) in [4.78, 5) is 34.9. The number of aryl methyl sites for hydroxylation is 1. The first kappa shape index (κ1) is 14.0. The van der Waals surface area contributed by atoms with E-state index in [9.17, 15) is 19.7 Å². The summed E-state index contributed by atoms with van der Waals surface area (Å²) in [5.41, 5.74) is 0.472. The molecule has 1 N–H and O–H groups in total. The SMILES string of the molecule is Cc1ccc(C(=O)N2CCCC2C(=O)O)cc1[N+](=O)[O-]. The second-order valence-corrected chi connectivity index (χ2v) is 4.75. The molecule has 0 aliphatic carbocycles. The van der Waals surface area contributed by atoms with Crippen molar-refractivity contribution >= 4 is 17.6 Å². The lowest BCUT2D eigenvalue weighted by Crippen LogP contribution is -2.40. The molecule has 1 saturated heterocycles. The first-order chi connectivity index (χ1) is 9.41. The lowest BCUT2D eigenvalue weighted by molar-refractivity contribution is -0.385. The minimum atomic E-state index is -1.04. The summed E-state index contributed by atoms with van der Waals surface area (Å²) in [6.45, 7) is 1.94. The van der Waals surface area contributed by atoms with Crippen LogP contribution < -0.4 is 0 Å². The Hall–Kier alpha value is -2.44. The van der Waals surface area contributed by atoms with E-state index in [0.29, 0.717) is 24.9 Å². The molecule has 0 radical (unpaired) electrons. The molecule has 1 atom stereocenters. The molecule has 0 spiro atoms. The topological polar surface area (TPSA) is 101 Å². The van der Waals surface area contributed by atoms with Crippen LogP contribution in [-0.2, 0) is 4.79 Å². The number of nitro benzene ring substituents is 1. The largest absolute Gasteiger partial charge is 0.480 e. The van der Waals surface area contributed by atoms with Gasteiger partial charge >= 0.3 is 5.97 Å². The van der Waals surface area contributed by atoms with Crippen molar-refractivity contribution < 1.29 is 19.6 Å². The maximum absolute atomic E-state index is 12.3. The van der Waals surface area contributed by atoms with Gasteiger partial charge in [-0.15, -0.1) is 0 Å². The highest BCUT2D eigenvalue weighted by atomic mass is 16.6. The summed E-state index contributed by atoms with van der Waals surface area (Å²) in [7, 11) is 0. The molecule has 106 valence electrons. The number of rotatable bonds is 3. The Morgan fingerprint density at radius 2 is 2.15 bits per heavy atom. The second-order valence-electron chi connectivity index (χ2n) is 4.75. The zero-order valence-corrected chi connectivity index (χ0v) is 10.9. The maximum Gasteiger partial charge on any atom is 0.326 e. The molecule has 7 heteroatoms. The van der Waals surface area contributed by atoms with Crippen molar-refractivity contribution in [1.29, 1.82) is 0 Å². The fraction of sp³-hybridized carbons (Fsp3) is 0.385. The molecule has 0 bridgehead atoms. The van der Waals surface area contributed by atoms with Gasteiger partial charge in [-0.1, -0.05) is 6.07 Å². The molecular formula is C13H14N2O5. The normalized spacial score (nSPS) is 18.1. The molecular weight excluding hydrogens is 264 g/mol. The van der Waals surface area contributed by atoms with Crippen LogP contribution in [0.15, 0.2) is 18.2 Å². The van der Waals surface area contributed by atoms with Gasteiger partial charge in [0.2, 0.25) is 0 Å². The van der Waals surface area contributed by atoms with Gasteiger partial charge in [0.25, 0.3) is 11.6 Å². The maximum atomic E-state index is 12.3. The standard InChI is InChI=1S/C13H14N2O5/c1-8-4-5-9(7-11(8)15(19)20)12(16)14-6-2-3-10(14)13(17)18/h4-5,7,10H,2-3,6H2,1H3,(H,17,18). The molecule has 1 fully saturated rings. The molecule has 2 rings (SSSR count). The number of amides is 1. The Labute approximate surface area is 115 Å². The highest BCUT2D eigenvalue weighted by molar-refractivity contribution is 5.97. The van der Waals surface area contributed by atoms with Gasteiger partial charge in [0.1, 0.15) is 6.04 Å². The zero-order chi connectivity index (χ0) is 14.9. The summed E-state index contributed by atoms with van der Waals surface area (Å²) in [6, 6.07) is 3.34. The van der Waals surface area contributed by atoms with Crippen LogP contribution >= 0.6 is 0 Å². The predicted octanol–water partition coefficient (Wildman–Crippen LogP) is 1.59. The number of carboxylic acids is 1. The van der Waals surface area contributed by atoms with E-state index >= 15 is 0 Å². The second kappa shape index (κ2) is 5.28. The van der Waals surface area contributed by atoms with Crippen molar-refractivity contribution in [1.82, 2.24) is 4.90 Å². The molecule has 0 aromatic heterocycles. The van der Waals surface area contributed by atoms with Gasteiger partial charge < -0.3 is 10.0 Å². The van der Waals surface area contributed by atoms with Crippen molar-refractivity contribution in [3.05, 3.63) is 39.4 Å². The lowest BCUT2D eigenvalue weighted by atomic mass is 10.1. The van der Waals surface area contributed by atoms with Gasteiger partial charge in [0.05, 0.1) is 4.92 Å². The van der Waals surface area contributed by atoms with Gasteiger partial charge in [0.15, 0.2) is 0 Å². The summed E-state index contributed by atoms with van der Waals surface area (Å²) in [6.07, 6.45) is 1.03. The molecule has 20 heavy (non-hydrogen) atoms. The Bertz CT molecular complexity index is 584. The summed E-state index contributed by atoms with van der Waals surface area (Å²) < 4.78 is 0. The number of hydrogen-bond donors (Lipinski definition) is 1. The average molecular weight is 278 g/mol. The van der Waals surface area contributed by atoms with Gasteiger partial charge in [-0.05, 0) is 25.8 Å². The monoisotopic (exact) mass is 278 g/mol. The smallest absolute Gasteiger partial charge is 0.326 e. The highest BCUT2D eigenvalue weighted by Gasteiger charge is 2.34. The molecule has 1 aliphatic rings. The minimum Gasteiger partial charge on any atom is -0.480 e. The molecule has 1 amide bonds. The summed E-state index contributed by atoms with van der Waals surface area (Å²) >= 11 is 0.